The van der Waals surface area contributed by atoms with Gasteiger partial charge in [0.25, 0.3) is 0 Å². The van der Waals surface area contributed by atoms with Crippen LogP contribution in [0.5, 0.6) is 0 Å². The van der Waals surface area contributed by atoms with Crippen molar-refractivity contribution in [3.63, 3.8) is 0 Å². The molecule has 0 fully saturated rings. The molecule has 0 aromatic carbocycles. The van der Waals surface area contributed by atoms with Crippen molar-refractivity contribution in [1.82, 2.24) is 14.9 Å². The Hall–Kier alpha value is -1.85. The van der Waals surface area contributed by atoms with Gasteiger partial charge in [-0.05, 0) is 20.8 Å². The molecule has 6 nitrogen and oxygen atoms in total. The van der Waals surface area contributed by atoms with Gasteiger partial charge in [-0.2, -0.15) is 0 Å². The molecule has 0 saturated heterocycles. The number of ether oxygens (including phenoxy) is 1. The second kappa shape index (κ2) is 6.92. The van der Waals surface area contributed by atoms with Gasteiger partial charge in [0.1, 0.15) is 5.60 Å². The highest BCUT2D eigenvalue weighted by Gasteiger charge is 2.16. The number of nitrogens with one attached hydrogen (secondary N) is 1. The minimum Gasteiger partial charge on any atom is -0.460 e. The van der Waals surface area contributed by atoms with E-state index in [1.165, 1.54) is 0 Å². The lowest BCUT2D eigenvalue weighted by molar-refractivity contribution is -0.155. The number of imidazole rings is 1. The molecule has 19 heavy (non-hydrogen) atoms. The van der Waals surface area contributed by atoms with Gasteiger partial charge in [-0.1, -0.05) is 0 Å². The summed E-state index contributed by atoms with van der Waals surface area (Å²) in [5.41, 5.74) is -0.505. The SMILES string of the molecule is CC(C)(C)OC(=O)CCC(=O)NCCn1ccnc1. The van der Waals surface area contributed by atoms with E-state index in [0.717, 1.165) is 0 Å². The predicted octanol–water partition coefficient (Wildman–Crippen LogP) is 1.12. The van der Waals surface area contributed by atoms with Crippen molar-refractivity contribution in [1.29, 1.82) is 0 Å². The summed E-state index contributed by atoms with van der Waals surface area (Å²) in [6.07, 6.45) is 5.46. The number of carbonyl (C=O) groups excluding carboxylic acids is 2. The van der Waals surface area contributed by atoms with E-state index in [-0.39, 0.29) is 24.7 Å². The molecule has 1 aromatic rings. The fourth-order valence-electron chi connectivity index (χ4n) is 1.44. The van der Waals surface area contributed by atoms with Gasteiger partial charge in [-0.3, -0.25) is 9.59 Å². The normalized spacial score (nSPS) is 11.1. The summed E-state index contributed by atoms with van der Waals surface area (Å²) in [6, 6.07) is 0. The summed E-state index contributed by atoms with van der Waals surface area (Å²) in [7, 11) is 0. The zero-order valence-electron chi connectivity index (χ0n) is 11.7. The average molecular weight is 267 g/mol. The average Bonchev–Trinajstić information content (AvgIpc) is 2.77. The lowest BCUT2D eigenvalue weighted by Crippen LogP contribution is -2.29. The Morgan fingerprint density at radius 2 is 2.05 bits per heavy atom. The fourth-order valence-corrected chi connectivity index (χ4v) is 1.44. The van der Waals surface area contributed by atoms with Gasteiger partial charge >= 0.3 is 5.97 Å². The molecular weight excluding hydrogens is 246 g/mol. The molecule has 0 bridgehead atoms. The second-order valence-corrected chi connectivity index (χ2v) is 5.24. The van der Waals surface area contributed by atoms with Crippen molar-refractivity contribution in [2.45, 2.75) is 45.8 Å². The van der Waals surface area contributed by atoms with Crippen LogP contribution >= 0.6 is 0 Å². The molecule has 0 spiro atoms. The molecule has 0 unspecified atom stereocenters. The molecule has 0 atom stereocenters. The highest BCUT2D eigenvalue weighted by atomic mass is 16.6. The van der Waals surface area contributed by atoms with Crippen LogP contribution < -0.4 is 5.32 Å². The largest absolute Gasteiger partial charge is 0.460 e. The van der Waals surface area contributed by atoms with Crippen molar-refractivity contribution in [3.05, 3.63) is 18.7 Å². The minimum atomic E-state index is -0.505. The lowest BCUT2D eigenvalue weighted by Gasteiger charge is -2.19. The molecule has 1 rings (SSSR count). The molecule has 0 saturated carbocycles. The van der Waals surface area contributed by atoms with E-state index in [2.05, 4.69) is 10.3 Å². The zero-order chi connectivity index (χ0) is 14.3. The highest BCUT2D eigenvalue weighted by molar-refractivity contribution is 5.81. The highest BCUT2D eigenvalue weighted by Crippen LogP contribution is 2.08. The second-order valence-electron chi connectivity index (χ2n) is 5.24. The molecule has 0 aliphatic carbocycles. The van der Waals surface area contributed by atoms with E-state index >= 15 is 0 Å². The first-order chi connectivity index (χ1) is 8.87. The van der Waals surface area contributed by atoms with Crippen LogP contribution in [0.15, 0.2) is 18.7 Å². The van der Waals surface area contributed by atoms with Crippen molar-refractivity contribution in [2.24, 2.45) is 0 Å². The topological polar surface area (TPSA) is 73.2 Å². The number of hydrogen-bond donors (Lipinski definition) is 1. The van der Waals surface area contributed by atoms with E-state index < -0.39 is 5.60 Å². The molecular formula is C13H21N3O3. The van der Waals surface area contributed by atoms with Gasteiger partial charge in [0.05, 0.1) is 12.7 Å². The molecule has 106 valence electrons. The first kappa shape index (κ1) is 15.2. The first-order valence-corrected chi connectivity index (χ1v) is 6.31. The third-order valence-corrected chi connectivity index (χ3v) is 2.23. The van der Waals surface area contributed by atoms with Crippen LogP contribution in [-0.2, 0) is 20.9 Å². The van der Waals surface area contributed by atoms with E-state index in [1.807, 2.05) is 10.8 Å². The number of aromatic nitrogens is 2. The number of amides is 1. The minimum absolute atomic E-state index is 0.105. The quantitative estimate of drug-likeness (QED) is 0.784. The zero-order valence-corrected chi connectivity index (χ0v) is 11.7. The summed E-state index contributed by atoms with van der Waals surface area (Å²) in [5, 5.41) is 2.74. The number of rotatable bonds is 6. The fraction of sp³-hybridized carbons (Fsp3) is 0.615. The van der Waals surface area contributed by atoms with Crippen molar-refractivity contribution < 1.29 is 14.3 Å². The molecule has 0 radical (unpaired) electrons. The van der Waals surface area contributed by atoms with Crippen LogP contribution in [0.2, 0.25) is 0 Å². The van der Waals surface area contributed by atoms with Gasteiger partial charge < -0.3 is 14.6 Å². The molecule has 6 heteroatoms. The number of hydrogen-bond acceptors (Lipinski definition) is 4. The molecule has 0 aliphatic heterocycles. The van der Waals surface area contributed by atoms with Crippen LogP contribution in [0.3, 0.4) is 0 Å². The van der Waals surface area contributed by atoms with E-state index in [9.17, 15) is 9.59 Å². The molecule has 0 aliphatic rings. The summed E-state index contributed by atoms with van der Waals surface area (Å²) in [6.45, 7) is 6.59. The number of nitrogens with zero attached hydrogens (tertiary/aromatic N) is 2. The summed E-state index contributed by atoms with van der Waals surface area (Å²) in [4.78, 5) is 26.8. The maximum absolute atomic E-state index is 11.5. The Bertz CT molecular complexity index is 407. The van der Waals surface area contributed by atoms with Gasteiger partial charge in [-0.25, -0.2) is 4.98 Å². The Morgan fingerprint density at radius 3 is 2.63 bits per heavy atom. The van der Waals surface area contributed by atoms with E-state index in [1.54, 1.807) is 33.3 Å². The first-order valence-electron chi connectivity index (χ1n) is 6.31. The van der Waals surface area contributed by atoms with Crippen LogP contribution in [0.1, 0.15) is 33.6 Å². The van der Waals surface area contributed by atoms with Gasteiger partial charge in [0, 0.05) is 31.9 Å². The summed E-state index contributed by atoms with van der Waals surface area (Å²) in [5.74, 6) is -0.497. The Labute approximate surface area is 113 Å². The lowest BCUT2D eigenvalue weighted by atomic mass is 10.2. The molecule has 1 aromatic heterocycles. The number of carbonyl (C=O) groups is 2. The Balaban J connectivity index is 2.12. The molecule has 1 N–H and O–H groups in total. The van der Waals surface area contributed by atoms with Crippen molar-refractivity contribution in [3.8, 4) is 0 Å². The number of esters is 1. The predicted molar refractivity (Wildman–Crippen MR) is 70.3 cm³/mol. The smallest absolute Gasteiger partial charge is 0.306 e. The summed E-state index contributed by atoms with van der Waals surface area (Å²) < 4.78 is 6.99. The Kier molecular flexibility index (Phi) is 5.54. The molecule has 1 heterocycles. The van der Waals surface area contributed by atoms with Gasteiger partial charge in [0.15, 0.2) is 0 Å². The van der Waals surface area contributed by atoms with Crippen LogP contribution in [-0.4, -0.2) is 33.6 Å². The van der Waals surface area contributed by atoms with Crippen molar-refractivity contribution in [2.75, 3.05) is 6.54 Å². The third kappa shape index (κ3) is 7.23. The standard InChI is InChI=1S/C13H21N3O3/c1-13(2,3)19-12(18)5-4-11(17)15-7-9-16-8-6-14-10-16/h6,8,10H,4-5,7,9H2,1-3H3,(H,15,17). The maximum Gasteiger partial charge on any atom is 0.306 e. The third-order valence-electron chi connectivity index (χ3n) is 2.23. The summed E-state index contributed by atoms with van der Waals surface area (Å²) >= 11 is 0. The van der Waals surface area contributed by atoms with Gasteiger partial charge in [-0.15, -0.1) is 0 Å². The van der Waals surface area contributed by atoms with Crippen LogP contribution in [0, 0.1) is 0 Å². The van der Waals surface area contributed by atoms with Gasteiger partial charge in [0.2, 0.25) is 5.91 Å². The monoisotopic (exact) mass is 267 g/mol. The molecule has 1 amide bonds. The van der Waals surface area contributed by atoms with Crippen molar-refractivity contribution >= 4 is 11.9 Å². The van der Waals surface area contributed by atoms with E-state index in [0.29, 0.717) is 13.1 Å². The maximum atomic E-state index is 11.5. The van der Waals surface area contributed by atoms with Crippen LogP contribution in [0.25, 0.3) is 0 Å². The van der Waals surface area contributed by atoms with E-state index in [4.69, 9.17) is 4.74 Å². The van der Waals surface area contributed by atoms with Crippen LogP contribution in [0.4, 0.5) is 0 Å². The Morgan fingerprint density at radius 1 is 1.32 bits per heavy atom.